The van der Waals surface area contributed by atoms with Gasteiger partial charge in [0.1, 0.15) is 5.75 Å². The highest BCUT2D eigenvalue weighted by Crippen LogP contribution is 2.26. The van der Waals surface area contributed by atoms with E-state index in [1.54, 1.807) is 32.0 Å². The van der Waals surface area contributed by atoms with Gasteiger partial charge in [0.25, 0.3) is 0 Å². The number of hydrogen-bond acceptors (Lipinski definition) is 4. The molecule has 0 aliphatic carbocycles. The molecule has 2 rings (SSSR count). The highest BCUT2D eigenvalue weighted by Gasteiger charge is 2.19. The normalized spacial score (nSPS) is 10.2. The van der Waals surface area contributed by atoms with Gasteiger partial charge in [-0.1, -0.05) is 12.1 Å². The molecule has 0 heterocycles. The van der Waals surface area contributed by atoms with Gasteiger partial charge in [0.2, 0.25) is 0 Å². The van der Waals surface area contributed by atoms with Crippen molar-refractivity contribution in [2.45, 2.75) is 13.8 Å². The van der Waals surface area contributed by atoms with E-state index in [2.05, 4.69) is 0 Å². The van der Waals surface area contributed by atoms with Gasteiger partial charge in [-0.3, -0.25) is 9.59 Å². The van der Waals surface area contributed by atoms with Crippen LogP contribution < -0.4 is 10.5 Å². The van der Waals surface area contributed by atoms with Crippen molar-refractivity contribution in [3.05, 3.63) is 58.1 Å². The van der Waals surface area contributed by atoms with Crippen molar-refractivity contribution in [2.24, 2.45) is 0 Å². The molecule has 0 saturated heterocycles. The highest BCUT2D eigenvalue weighted by atomic mass is 16.5. The Morgan fingerprint density at radius 2 is 1.81 bits per heavy atom. The summed E-state index contributed by atoms with van der Waals surface area (Å²) in [7, 11) is 1.53. The van der Waals surface area contributed by atoms with Gasteiger partial charge in [0.05, 0.1) is 7.11 Å². The maximum atomic E-state index is 12.7. The Bertz CT molecular complexity index is 720. The van der Waals surface area contributed by atoms with E-state index in [0.717, 1.165) is 17.4 Å². The molecular formula is C17H17NO3. The summed E-state index contributed by atoms with van der Waals surface area (Å²) in [5.74, 6) is 0.332. The molecule has 2 aromatic carbocycles. The second-order valence-corrected chi connectivity index (χ2v) is 4.89. The predicted octanol–water partition coefficient (Wildman–Crippen LogP) is 2.94. The zero-order valence-corrected chi connectivity index (χ0v) is 12.3. The van der Waals surface area contributed by atoms with Gasteiger partial charge in [-0.15, -0.1) is 0 Å². The van der Waals surface area contributed by atoms with Crippen molar-refractivity contribution < 1.29 is 14.3 Å². The first-order chi connectivity index (χ1) is 9.99. The van der Waals surface area contributed by atoms with Gasteiger partial charge in [0.15, 0.2) is 12.1 Å². The van der Waals surface area contributed by atoms with Crippen molar-refractivity contribution in [2.75, 3.05) is 12.8 Å². The summed E-state index contributed by atoms with van der Waals surface area (Å²) >= 11 is 0. The summed E-state index contributed by atoms with van der Waals surface area (Å²) in [6, 6.07) is 8.55. The number of aldehydes is 1. The van der Waals surface area contributed by atoms with E-state index < -0.39 is 0 Å². The van der Waals surface area contributed by atoms with Crippen LogP contribution in [0.15, 0.2) is 30.3 Å². The van der Waals surface area contributed by atoms with Crippen LogP contribution in [-0.4, -0.2) is 19.2 Å². The van der Waals surface area contributed by atoms with Crippen molar-refractivity contribution in [1.82, 2.24) is 0 Å². The highest BCUT2D eigenvalue weighted by molar-refractivity contribution is 6.16. The number of anilines is 1. The maximum Gasteiger partial charge on any atom is 0.196 e. The third kappa shape index (κ3) is 2.65. The molecule has 0 bridgehead atoms. The van der Waals surface area contributed by atoms with Crippen LogP contribution in [0, 0.1) is 13.8 Å². The molecule has 2 N–H and O–H groups in total. The first-order valence-electron chi connectivity index (χ1n) is 6.53. The van der Waals surface area contributed by atoms with Crippen LogP contribution in [0.1, 0.15) is 37.4 Å². The molecule has 0 unspecified atom stereocenters. The maximum absolute atomic E-state index is 12.7. The predicted molar refractivity (Wildman–Crippen MR) is 82.1 cm³/mol. The largest absolute Gasteiger partial charge is 0.497 e. The van der Waals surface area contributed by atoms with Crippen molar-refractivity contribution in [3.63, 3.8) is 0 Å². The molecule has 0 saturated carbocycles. The zero-order valence-electron chi connectivity index (χ0n) is 12.3. The molecule has 0 fully saturated rings. The molecule has 0 spiro atoms. The number of ketones is 1. The Morgan fingerprint density at radius 1 is 1.14 bits per heavy atom. The number of rotatable bonds is 4. The second kappa shape index (κ2) is 5.79. The van der Waals surface area contributed by atoms with Gasteiger partial charge in [-0.2, -0.15) is 0 Å². The number of nitrogens with two attached hydrogens (primary N) is 1. The summed E-state index contributed by atoms with van der Waals surface area (Å²) in [4.78, 5) is 24.1. The van der Waals surface area contributed by atoms with Crippen LogP contribution in [0.4, 0.5) is 5.69 Å². The molecule has 21 heavy (non-hydrogen) atoms. The Kier molecular flexibility index (Phi) is 4.08. The zero-order chi connectivity index (χ0) is 15.6. The van der Waals surface area contributed by atoms with Gasteiger partial charge in [-0.05, 0) is 37.1 Å². The van der Waals surface area contributed by atoms with E-state index in [-0.39, 0.29) is 5.78 Å². The first kappa shape index (κ1) is 14.8. The molecule has 0 aliphatic heterocycles. The van der Waals surface area contributed by atoms with Gasteiger partial charge < -0.3 is 10.5 Å². The Labute approximate surface area is 123 Å². The van der Waals surface area contributed by atoms with E-state index in [4.69, 9.17) is 10.5 Å². The van der Waals surface area contributed by atoms with Gasteiger partial charge in [-0.25, -0.2) is 0 Å². The molecule has 0 atom stereocenters. The second-order valence-electron chi connectivity index (χ2n) is 4.89. The summed E-state index contributed by atoms with van der Waals surface area (Å²) in [6.07, 6.45) is 0.718. The van der Waals surface area contributed by atoms with E-state index in [1.165, 1.54) is 7.11 Å². The van der Waals surface area contributed by atoms with E-state index in [1.807, 2.05) is 12.1 Å². The minimum Gasteiger partial charge on any atom is -0.497 e. The lowest BCUT2D eigenvalue weighted by atomic mass is 9.91. The summed E-state index contributed by atoms with van der Waals surface area (Å²) in [5.41, 5.74) is 8.96. The number of carbonyl (C=O) groups excluding carboxylic acids is 2. The number of ether oxygens (including phenoxy) is 1. The molecular weight excluding hydrogens is 266 g/mol. The molecule has 0 aliphatic rings. The third-order valence-corrected chi connectivity index (χ3v) is 3.52. The smallest absolute Gasteiger partial charge is 0.196 e. The quantitative estimate of drug-likeness (QED) is 0.532. The van der Waals surface area contributed by atoms with Gasteiger partial charge >= 0.3 is 0 Å². The van der Waals surface area contributed by atoms with E-state index in [9.17, 15) is 9.59 Å². The van der Waals surface area contributed by atoms with Crippen LogP contribution in [0.2, 0.25) is 0 Å². The van der Waals surface area contributed by atoms with Crippen molar-refractivity contribution in [1.29, 1.82) is 0 Å². The standard InChI is InChI=1S/C17H17NO3/c1-10-4-5-11(2)16(14(10)9-19)17(20)13-7-6-12(21-3)8-15(13)18/h4-9H,18H2,1-3H3. The Balaban J connectivity index is 2.60. The third-order valence-electron chi connectivity index (χ3n) is 3.52. The minimum atomic E-state index is -0.251. The summed E-state index contributed by atoms with van der Waals surface area (Å²) in [5, 5.41) is 0. The number of methoxy groups -OCH3 is 1. The van der Waals surface area contributed by atoms with Crippen molar-refractivity contribution >= 4 is 17.8 Å². The first-order valence-corrected chi connectivity index (χ1v) is 6.53. The van der Waals surface area contributed by atoms with Crippen LogP contribution in [0.3, 0.4) is 0 Å². The fourth-order valence-corrected chi connectivity index (χ4v) is 2.30. The summed E-state index contributed by atoms with van der Waals surface area (Å²) in [6.45, 7) is 3.61. The van der Waals surface area contributed by atoms with Crippen LogP contribution in [-0.2, 0) is 0 Å². The lowest BCUT2D eigenvalue weighted by molar-refractivity contribution is 0.102. The molecule has 0 radical (unpaired) electrons. The van der Waals surface area contributed by atoms with Crippen LogP contribution >= 0.6 is 0 Å². The lowest BCUT2D eigenvalue weighted by Gasteiger charge is -2.12. The van der Waals surface area contributed by atoms with E-state index in [0.29, 0.717) is 28.1 Å². The fourth-order valence-electron chi connectivity index (χ4n) is 2.30. The topological polar surface area (TPSA) is 69.4 Å². The van der Waals surface area contributed by atoms with Crippen molar-refractivity contribution in [3.8, 4) is 5.75 Å². The molecule has 4 nitrogen and oxygen atoms in total. The lowest BCUT2D eigenvalue weighted by Crippen LogP contribution is -2.11. The van der Waals surface area contributed by atoms with Gasteiger partial charge in [0, 0.05) is 28.4 Å². The minimum absolute atomic E-state index is 0.251. The molecule has 2 aromatic rings. The molecule has 0 amide bonds. The fraction of sp³-hybridized carbons (Fsp3) is 0.176. The number of aryl methyl sites for hydroxylation is 2. The average molecular weight is 283 g/mol. The van der Waals surface area contributed by atoms with Crippen LogP contribution in [0.25, 0.3) is 0 Å². The monoisotopic (exact) mass is 283 g/mol. The Hall–Kier alpha value is -2.62. The van der Waals surface area contributed by atoms with E-state index >= 15 is 0 Å². The molecule has 4 heteroatoms. The Morgan fingerprint density at radius 3 is 2.38 bits per heavy atom. The molecule has 0 aromatic heterocycles. The SMILES string of the molecule is COc1ccc(C(=O)c2c(C)ccc(C)c2C=O)c(N)c1. The average Bonchev–Trinajstić information content (AvgIpc) is 2.48. The number of carbonyl (C=O) groups is 2. The van der Waals surface area contributed by atoms with Crippen LogP contribution in [0.5, 0.6) is 5.75 Å². The summed E-state index contributed by atoms with van der Waals surface area (Å²) < 4.78 is 5.08. The molecule has 108 valence electrons. The number of hydrogen-bond donors (Lipinski definition) is 1. The number of nitrogen functional groups attached to an aromatic ring is 1. The number of benzene rings is 2.